The molecule has 0 fully saturated rings. The van der Waals surface area contributed by atoms with Gasteiger partial charge in [-0.05, 0) is 53.8 Å². The van der Waals surface area contributed by atoms with E-state index in [0.717, 1.165) is 19.8 Å². The maximum absolute atomic E-state index is 12.1. The van der Waals surface area contributed by atoms with Gasteiger partial charge in [0.25, 0.3) is 5.91 Å². The number of anilines is 1. The first-order valence-corrected chi connectivity index (χ1v) is 9.73. The molecule has 3 rings (SSSR count). The first-order chi connectivity index (χ1) is 12.5. The van der Waals surface area contributed by atoms with Crippen LogP contribution in [0.2, 0.25) is 0 Å². The molecular weight excluding hydrogens is 463 g/mol. The van der Waals surface area contributed by atoms with Crippen molar-refractivity contribution in [1.82, 2.24) is 4.98 Å². The number of rotatable bonds is 5. The largest absolute Gasteiger partial charge is 0.452 e. The molecule has 0 aliphatic heterocycles. The van der Waals surface area contributed by atoms with E-state index in [0.29, 0.717) is 11.3 Å². The molecule has 26 heavy (non-hydrogen) atoms. The number of halogens is 1. The number of carbonyl (C=O) groups excluding carboxylic acids is 2. The Balaban J connectivity index is 1.60. The van der Waals surface area contributed by atoms with Crippen molar-refractivity contribution in [2.24, 2.45) is 0 Å². The Kier molecular flexibility index (Phi) is 6.00. The molecule has 0 atom stereocenters. The van der Waals surface area contributed by atoms with Crippen LogP contribution in [0.15, 0.2) is 53.9 Å². The van der Waals surface area contributed by atoms with Crippen LogP contribution in [0.5, 0.6) is 0 Å². The summed E-state index contributed by atoms with van der Waals surface area (Å²) in [4.78, 5) is 28.6. The standard InChI is InChI=1S/C19H15IN2O3S/c1-12-21-17(11-26-12)13-5-4-6-14(9-13)22-18(23)10-25-19(24)15-7-2-3-8-16(15)20/h2-9,11H,10H2,1H3,(H,22,23). The molecule has 0 spiro atoms. The number of hydrogen-bond donors (Lipinski definition) is 1. The first-order valence-electron chi connectivity index (χ1n) is 7.77. The molecule has 2 aromatic carbocycles. The molecule has 132 valence electrons. The Labute approximate surface area is 168 Å². The summed E-state index contributed by atoms with van der Waals surface area (Å²) in [5.41, 5.74) is 2.86. The van der Waals surface area contributed by atoms with E-state index < -0.39 is 11.9 Å². The van der Waals surface area contributed by atoms with Crippen molar-refractivity contribution in [1.29, 1.82) is 0 Å². The predicted octanol–water partition coefficient (Wildman–Crippen LogP) is 4.52. The molecule has 0 aliphatic rings. The Bertz CT molecular complexity index is 955. The van der Waals surface area contributed by atoms with Crippen LogP contribution < -0.4 is 5.32 Å². The molecule has 0 aliphatic carbocycles. The van der Waals surface area contributed by atoms with E-state index in [4.69, 9.17) is 4.74 Å². The fourth-order valence-corrected chi connectivity index (χ4v) is 3.51. The topological polar surface area (TPSA) is 68.3 Å². The smallest absolute Gasteiger partial charge is 0.339 e. The molecule has 0 unspecified atom stereocenters. The summed E-state index contributed by atoms with van der Waals surface area (Å²) in [5.74, 6) is -0.909. The number of nitrogens with zero attached hydrogens (tertiary/aromatic N) is 1. The van der Waals surface area contributed by atoms with Crippen molar-refractivity contribution in [3.05, 3.63) is 68.1 Å². The molecule has 0 bridgehead atoms. The molecule has 0 radical (unpaired) electrons. The normalized spacial score (nSPS) is 10.4. The molecule has 1 aromatic heterocycles. The average molecular weight is 478 g/mol. The second kappa shape index (κ2) is 8.41. The molecule has 0 saturated carbocycles. The van der Waals surface area contributed by atoms with Gasteiger partial charge >= 0.3 is 5.97 Å². The van der Waals surface area contributed by atoms with Crippen molar-refractivity contribution < 1.29 is 14.3 Å². The summed E-state index contributed by atoms with van der Waals surface area (Å²) in [5, 5.41) is 5.69. The van der Waals surface area contributed by atoms with Gasteiger partial charge in [-0.1, -0.05) is 24.3 Å². The van der Waals surface area contributed by atoms with Gasteiger partial charge in [0.1, 0.15) is 0 Å². The van der Waals surface area contributed by atoms with Gasteiger partial charge in [0.05, 0.1) is 16.3 Å². The number of ether oxygens (including phenoxy) is 1. The van der Waals surface area contributed by atoms with E-state index in [1.54, 1.807) is 29.5 Å². The second-order valence-electron chi connectivity index (χ2n) is 5.44. The maximum atomic E-state index is 12.1. The summed E-state index contributed by atoms with van der Waals surface area (Å²) in [6.07, 6.45) is 0. The van der Waals surface area contributed by atoms with Crippen LogP contribution >= 0.6 is 33.9 Å². The van der Waals surface area contributed by atoms with Gasteiger partial charge in [0.2, 0.25) is 0 Å². The fourth-order valence-electron chi connectivity index (χ4n) is 2.28. The number of thiazole rings is 1. The van der Waals surface area contributed by atoms with Crippen LogP contribution in [0.4, 0.5) is 5.69 Å². The third-order valence-corrected chi connectivity index (χ3v) is 5.20. The van der Waals surface area contributed by atoms with Crippen molar-refractivity contribution >= 4 is 51.5 Å². The van der Waals surface area contributed by atoms with Gasteiger partial charge in [-0.25, -0.2) is 9.78 Å². The molecule has 0 saturated heterocycles. The molecular formula is C19H15IN2O3S. The quantitative estimate of drug-likeness (QED) is 0.433. The van der Waals surface area contributed by atoms with Gasteiger partial charge in [0, 0.05) is 20.2 Å². The number of hydrogen-bond acceptors (Lipinski definition) is 5. The molecule has 1 amide bonds. The summed E-state index contributed by atoms with van der Waals surface area (Å²) in [7, 11) is 0. The number of esters is 1. The predicted molar refractivity (Wildman–Crippen MR) is 110 cm³/mol. The Morgan fingerprint density at radius 2 is 2.00 bits per heavy atom. The lowest BCUT2D eigenvalue weighted by molar-refractivity contribution is -0.119. The van der Waals surface area contributed by atoms with E-state index >= 15 is 0 Å². The van der Waals surface area contributed by atoms with E-state index in [9.17, 15) is 9.59 Å². The van der Waals surface area contributed by atoms with Crippen LogP contribution in [0.1, 0.15) is 15.4 Å². The number of aryl methyl sites for hydroxylation is 1. The minimum absolute atomic E-state index is 0.343. The lowest BCUT2D eigenvalue weighted by atomic mass is 10.1. The first kappa shape index (κ1) is 18.5. The average Bonchev–Trinajstić information content (AvgIpc) is 3.07. The SMILES string of the molecule is Cc1nc(-c2cccc(NC(=O)COC(=O)c3ccccc3I)c2)cs1. The highest BCUT2D eigenvalue weighted by atomic mass is 127. The lowest BCUT2D eigenvalue weighted by Gasteiger charge is -2.08. The fraction of sp³-hybridized carbons (Fsp3) is 0.105. The lowest BCUT2D eigenvalue weighted by Crippen LogP contribution is -2.21. The van der Waals surface area contributed by atoms with Crippen LogP contribution in [-0.4, -0.2) is 23.5 Å². The molecule has 5 nitrogen and oxygen atoms in total. The van der Waals surface area contributed by atoms with Crippen molar-refractivity contribution in [2.75, 3.05) is 11.9 Å². The van der Waals surface area contributed by atoms with Gasteiger partial charge in [-0.15, -0.1) is 11.3 Å². The zero-order valence-electron chi connectivity index (χ0n) is 13.9. The van der Waals surface area contributed by atoms with E-state index in [2.05, 4.69) is 32.9 Å². The zero-order chi connectivity index (χ0) is 18.5. The number of amides is 1. The number of benzene rings is 2. The molecule has 3 aromatic rings. The number of nitrogens with one attached hydrogen (secondary N) is 1. The monoisotopic (exact) mass is 478 g/mol. The van der Waals surface area contributed by atoms with Crippen molar-refractivity contribution in [3.8, 4) is 11.3 Å². The Hall–Kier alpha value is -2.26. The van der Waals surface area contributed by atoms with Crippen molar-refractivity contribution in [3.63, 3.8) is 0 Å². The summed E-state index contributed by atoms with van der Waals surface area (Å²) >= 11 is 3.63. The Morgan fingerprint density at radius 1 is 1.19 bits per heavy atom. The van der Waals surface area contributed by atoms with Crippen LogP contribution in [0, 0.1) is 10.5 Å². The van der Waals surface area contributed by atoms with Gasteiger partial charge in [-0.3, -0.25) is 4.79 Å². The number of aromatic nitrogens is 1. The molecule has 1 heterocycles. The van der Waals surface area contributed by atoms with Gasteiger partial charge < -0.3 is 10.1 Å². The third kappa shape index (κ3) is 4.67. The number of carbonyl (C=O) groups is 2. The van der Waals surface area contributed by atoms with Crippen LogP contribution in [-0.2, 0) is 9.53 Å². The zero-order valence-corrected chi connectivity index (χ0v) is 16.8. The van der Waals surface area contributed by atoms with Crippen LogP contribution in [0.25, 0.3) is 11.3 Å². The second-order valence-corrected chi connectivity index (χ2v) is 7.66. The van der Waals surface area contributed by atoms with E-state index in [-0.39, 0.29) is 6.61 Å². The van der Waals surface area contributed by atoms with Gasteiger partial charge in [-0.2, -0.15) is 0 Å². The highest BCUT2D eigenvalue weighted by Crippen LogP contribution is 2.24. The van der Waals surface area contributed by atoms with E-state index in [1.807, 2.05) is 42.6 Å². The maximum Gasteiger partial charge on any atom is 0.339 e. The summed E-state index contributed by atoms with van der Waals surface area (Å²) in [6.45, 7) is 1.60. The summed E-state index contributed by atoms with van der Waals surface area (Å²) in [6, 6.07) is 14.5. The molecule has 7 heteroatoms. The van der Waals surface area contributed by atoms with Crippen molar-refractivity contribution in [2.45, 2.75) is 6.92 Å². The van der Waals surface area contributed by atoms with E-state index in [1.165, 1.54) is 0 Å². The minimum Gasteiger partial charge on any atom is -0.452 e. The third-order valence-electron chi connectivity index (χ3n) is 3.49. The molecule has 1 N–H and O–H groups in total. The van der Waals surface area contributed by atoms with Crippen LogP contribution in [0.3, 0.4) is 0 Å². The highest BCUT2D eigenvalue weighted by Gasteiger charge is 2.13. The highest BCUT2D eigenvalue weighted by molar-refractivity contribution is 14.1. The minimum atomic E-state index is -0.517. The van der Waals surface area contributed by atoms with Gasteiger partial charge in [0.15, 0.2) is 6.61 Å². The summed E-state index contributed by atoms with van der Waals surface area (Å²) < 4.78 is 5.87. The Morgan fingerprint density at radius 3 is 2.73 bits per heavy atom.